The first-order valence-electron chi connectivity index (χ1n) is 8.60. The predicted octanol–water partition coefficient (Wildman–Crippen LogP) is 3.27. The smallest absolute Gasteiger partial charge is 0.272 e. The summed E-state index contributed by atoms with van der Waals surface area (Å²) in [6.07, 6.45) is 7.73. The maximum atomic E-state index is 12.7. The quantitative estimate of drug-likeness (QED) is 0.739. The maximum absolute atomic E-state index is 12.7. The molecule has 0 spiro atoms. The van der Waals surface area contributed by atoms with E-state index >= 15 is 0 Å². The zero-order valence-corrected chi connectivity index (χ0v) is 15.2. The lowest BCUT2D eigenvalue weighted by Crippen LogP contribution is -2.31. The summed E-state index contributed by atoms with van der Waals surface area (Å²) in [5.74, 6) is -0.0737. The minimum Gasteiger partial charge on any atom is -0.340 e. The van der Waals surface area contributed by atoms with Gasteiger partial charge < -0.3 is 15.2 Å². The van der Waals surface area contributed by atoms with E-state index in [0.29, 0.717) is 11.7 Å². The largest absolute Gasteiger partial charge is 0.340 e. The summed E-state index contributed by atoms with van der Waals surface area (Å²) in [5, 5.41) is 10.6. The Labute approximate surface area is 158 Å². The zero-order chi connectivity index (χ0) is 17.1. The number of piperidine rings is 1. The lowest BCUT2D eigenvalue weighted by atomic mass is 10.1. The first-order chi connectivity index (χ1) is 12.3. The summed E-state index contributed by atoms with van der Waals surface area (Å²) in [7, 11) is 0. The van der Waals surface area contributed by atoms with Crippen molar-refractivity contribution in [3.05, 3.63) is 66.7 Å². The molecule has 4 rings (SSSR count). The van der Waals surface area contributed by atoms with Crippen LogP contribution in [0.3, 0.4) is 0 Å². The maximum Gasteiger partial charge on any atom is 0.272 e. The first-order valence-corrected chi connectivity index (χ1v) is 8.60. The van der Waals surface area contributed by atoms with Gasteiger partial charge in [-0.25, -0.2) is 4.68 Å². The standard InChI is InChI=1S/C19H21N5O.ClH/c25-19(18-3-1-13-23(18)16-8-11-20-12-9-16)22-15-4-6-17(7-5-15)24-14-2-10-21-24;/h1-7,10,13-14,16,20H,8-9,11-12H2,(H,22,25);1H. The van der Waals surface area contributed by atoms with E-state index in [2.05, 4.69) is 20.3 Å². The van der Waals surface area contributed by atoms with Gasteiger partial charge in [0.15, 0.2) is 0 Å². The summed E-state index contributed by atoms with van der Waals surface area (Å²) in [6, 6.07) is 13.8. The van der Waals surface area contributed by atoms with Crippen LogP contribution >= 0.6 is 12.4 Å². The molecule has 1 aliphatic rings. The van der Waals surface area contributed by atoms with Crippen LogP contribution in [0.4, 0.5) is 5.69 Å². The Kier molecular flexibility index (Phi) is 5.75. The Morgan fingerprint density at radius 1 is 1.08 bits per heavy atom. The second kappa shape index (κ2) is 8.21. The Bertz CT molecular complexity index is 835. The lowest BCUT2D eigenvalue weighted by molar-refractivity contribution is 0.101. The molecule has 7 heteroatoms. The van der Waals surface area contributed by atoms with Crippen molar-refractivity contribution in [2.45, 2.75) is 18.9 Å². The molecule has 0 atom stereocenters. The number of nitrogens with one attached hydrogen (secondary N) is 2. The van der Waals surface area contributed by atoms with Gasteiger partial charge in [0.25, 0.3) is 5.91 Å². The number of rotatable bonds is 4. The van der Waals surface area contributed by atoms with Crippen LogP contribution in [-0.2, 0) is 0 Å². The van der Waals surface area contributed by atoms with E-state index in [1.54, 1.807) is 10.9 Å². The van der Waals surface area contributed by atoms with Gasteiger partial charge in [0.2, 0.25) is 0 Å². The van der Waals surface area contributed by atoms with Gasteiger partial charge in [0.1, 0.15) is 5.69 Å². The monoisotopic (exact) mass is 371 g/mol. The number of hydrogen-bond acceptors (Lipinski definition) is 3. The number of benzene rings is 1. The molecule has 0 saturated carbocycles. The molecule has 1 aromatic carbocycles. The molecule has 3 aromatic rings. The Morgan fingerprint density at radius 3 is 2.54 bits per heavy atom. The Balaban J connectivity index is 0.00000196. The molecule has 0 unspecified atom stereocenters. The fraction of sp³-hybridized carbons (Fsp3) is 0.263. The number of nitrogens with zero attached hydrogens (tertiary/aromatic N) is 3. The number of halogens is 1. The van der Waals surface area contributed by atoms with Crippen molar-refractivity contribution >= 4 is 24.0 Å². The molecule has 1 saturated heterocycles. The van der Waals surface area contributed by atoms with E-state index in [0.717, 1.165) is 37.3 Å². The van der Waals surface area contributed by atoms with Crippen molar-refractivity contribution < 1.29 is 4.79 Å². The number of aromatic nitrogens is 3. The van der Waals surface area contributed by atoms with Crippen molar-refractivity contribution in [2.75, 3.05) is 18.4 Å². The van der Waals surface area contributed by atoms with Crippen LogP contribution in [0.2, 0.25) is 0 Å². The normalized spacial score (nSPS) is 14.6. The van der Waals surface area contributed by atoms with Gasteiger partial charge in [-0.2, -0.15) is 5.10 Å². The topological polar surface area (TPSA) is 63.9 Å². The van der Waals surface area contributed by atoms with E-state index in [4.69, 9.17) is 0 Å². The molecule has 0 bridgehead atoms. The fourth-order valence-corrected chi connectivity index (χ4v) is 3.30. The van der Waals surface area contributed by atoms with Crippen molar-refractivity contribution in [2.24, 2.45) is 0 Å². The number of amides is 1. The number of carbonyl (C=O) groups is 1. The van der Waals surface area contributed by atoms with Gasteiger partial charge in [0, 0.05) is 30.3 Å². The van der Waals surface area contributed by atoms with Gasteiger partial charge in [-0.15, -0.1) is 12.4 Å². The highest BCUT2D eigenvalue weighted by atomic mass is 35.5. The first kappa shape index (κ1) is 18.2. The van der Waals surface area contributed by atoms with Gasteiger partial charge in [-0.05, 0) is 68.4 Å². The number of carbonyl (C=O) groups excluding carboxylic acids is 1. The third kappa shape index (κ3) is 3.81. The molecule has 0 radical (unpaired) electrons. The molecule has 1 aliphatic heterocycles. The summed E-state index contributed by atoms with van der Waals surface area (Å²) in [5.41, 5.74) is 2.45. The number of hydrogen-bond donors (Lipinski definition) is 2. The molecule has 0 aliphatic carbocycles. The van der Waals surface area contributed by atoms with Crippen molar-refractivity contribution in [1.82, 2.24) is 19.7 Å². The van der Waals surface area contributed by atoms with E-state index in [-0.39, 0.29) is 18.3 Å². The summed E-state index contributed by atoms with van der Waals surface area (Å²) >= 11 is 0. The van der Waals surface area contributed by atoms with E-state index in [1.165, 1.54) is 0 Å². The van der Waals surface area contributed by atoms with Crippen LogP contribution in [0.15, 0.2) is 61.1 Å². The molecule has 136 valence electrons. The molecule has 2 aromatic heterocycles. The summed E-state index contributed by atoms with van der Waals surface area (Å²) in [6.45, 7) is 2.00. The second-order valence-corrected chi connectivity index (χ2v) is 6.23. The highest BCUT2D eigenvalue weighted by Gasteiger charge is 2.20. The van der Waals surface area contributed by atoms with E-state index < -0.39 is 0 Å². The number of anilines is 1. The Hall–Kier alpha value is -2.57. The molecule has 3 heterocycles. The molecule has 26 heavy (non-hydrogen) atoms. The van der Waals surface area contributed by atoms with Crippen molar-refractivity contribution in [1.29, 1.82) is 0 Å². The van der Waals surface area contributed by atoms with E-state index in [1.807, 2.05) is 54.9 Å². The summed E-state index contributed by atoms with van der Waals surface area (Å²) < 4.78 is 3.89. The molecular formula is C19H22ClN5O. The molecule has 6 nitrogen and oxygen atoms in total. The fourth-order valence-electron chi connectivity index (χ4n) is 3.30. The van der Waals surface area contributed by atoms with Crippen LogP contribution in [-0.4, -0.2) is 33.3 Å². The minimum absolute atomic E-state index is 0. The predicted molar refractivity (Wildman–Crippen MR) is 104 cm³/mol. The van der Waals surface area contributed by atoms with Gasteiger partial charge >= 0.3 is 0 Å². The average molecular weight is 372 g/mol. The lowest BCUT2D eigenvalue weighted by Gasteiger charge is -2.25. The average Bonchev–Trinajstić information content (AvgIpc) is 3.35. The molecule has 1 amide bonds. The van der Waals surface area contributed by atoms with Crippen LogP contribution < -0.4 is 10.6 Å². The Morgan fingerprint density at radius 2 is 1.85 bits per heavy atom. The highest BCUT2D eigenvalue weighted by molar-refractivity contribution is 6.03. The molecule has 2 N–H and O–H groups in total. The van der Waals surface area contributed by atoms with Gasteiger partial charge in [0.05, 0.1) is 5.69 Å². The third-order valence-electron chi connectivity index (χ3n) is 4.61. The minimum atomic E-state index is -0.0737. The third-order valence-corrected chi connectivity index (χ3v) is 4.61. The van der Waals surface area contributed by atoms with Crippen molar-refractivity contribution in [3.8, 4) is 5.69 Å². The zero-order valence-electron chi connectivity index (χ0n) is 14.3. The van der Waals surface area contributed by atoms with Crippen LogP contribution in [0.25, 0.3) is 5.69 Å². The van der Waals surface area contributed by atoms with Crippen LogP contribution in [0.5, 0.6) is 0 Å². The summed E-state index contributed by atoms with van der Waals surface area (Å²) in [4.78, 5) is 12.7. The van der Waals surface area contributed by atoms with Crippen LogP contribution in [0, 0.1) is 0 Å². The van der Waals surface area contributed by atoms with Crippen molar-refractivity contribution in [3.63, 3.8) is 0 Å². The van der Waals surface area contributed by atoms with E-state index in [9.17, 15) is 4.79 Å². The SMILES string of the molecule is Cl.O=C(Nc1ccc(-n2cccn2)cc1)c1cccn1C1CCNCC1. The van der Waals surface area contributed by atoms with Gasteiger partial charge in [-0.3, -0.25) is 4.79 Å². The highest BCUT2D eigenvalue weighted by Crippen LogP contribution is 2.22. The molecular weight excluding hydrogens is 350 g/mol. The second-order valence-electron chi connectivity index (χ2n) is 6.23. The van der Waals surface area contributed by atoms with Crippen LogP contribution in [0.1, 0.15) is 29.4 Å². The van der Waals surface area contributed by atoms with Gasteiger partial charge in [-0.1, -0.05) is 0 Å². The molecule has 1 fully saturated rings.